The van der Waals surface area contributed by atoms with Gasteiger partial charge in [-0.05, 0) is 24.3 Å². The lowest BCUT2D eigenvalue weighted by atomic mass is 9.76. The van der Waals surface area contributed by atoms with Crippen LogP contribution in [0.1, 0.15) is 38.2 Å². The molecule has 1 aromatic rings. The van der Waals surface area contributed by atoms with Crippen LogP contribution in [-0.2, 0) is 6.54 Å². The fourth-order valence-corrected chi connectivity index (χ4v) is 2.96. The molecule has 0 bridgehead atoms. The van der Waals surface area contributed by atoms with Crippen molar-refractivity contribution in [1.29, 1.82) is 0 Å². The third-order valence-corrected chi connectivity index (χ3v) is 3.99. The summed E-state index contributed by atoms with van der Waals surface area (Å²) >= 11 is 0. The Kier molecular flexibility index (Phi) is 4.19. The minimum atomic E-state index is 0.174. The number of hydrogen-bond donors (Lipinski definition) is 2. The zero-order valence-corrected chi connectivity index (χ0v) is 10.8. The molecule has 17 heavy (non-hydrogen) atoms. The molecule has 1 aromatic carbocycles. The number of hydrogen-bond acceptors (Lipinski definition) is 2. The van der Waals surface area contributed by atoms with Crippen molar-refractivity contribution in [3.8, 4) is 0 Å². The van der Waals surface area contributed by atoms with Crippen LogP contribution < -0.4 is 11.1 Å². The summed E-state index contributed by atoms with van der Waals surface area (Å²) in [4.78, 5) is 0. The second kappa shape index (κ2) is 5.65. The maximum Gasteiger partial charge on any atom is 0.0309 e. The molecular weight excluding hydrogens is 208 g/mol. The Hall–Kier alpha value is -0.860. The van der Waals surface area contributed by atoms with Crippen LogP contribution in [0.5, 0.6) is 0 Å². The number of rotatable bonds is 4. The van der Waals surface area contributed by atoms with E-state index in [1.54, 1.807) is 0 Å². The molecule has 0 amide bonds. The van der Waals surface area contributed by atoms with E-state index in [1.807, 2.05) is 0 Å². The zero-order valence-electron chi connectivity index (χ0n) is 10.8. The molecule has 2 heteroatoms. The predicted molar refractivity (Wildman–Crippen MR) is 72.7 cm³/mol. The standard InChI is InChI=1S/C15H24N2/c1-13-6-5-9-15(10-13,12-16)17-11-14-7-3-2-4-8-14/h2-4,7-8,13,17H,5-6,9-12,16H2,1H3. The molecule has 2 rings (SSSR count). The van der Waals surface area contributed by atoms with Crippen LogP contribution in [0.2, 0.25) is 0 Å². The summed E-state index contributed by atoms with van der Waals surface area (Å²) in [5.41, 5.74) is 7.52. The summed E-state index contributed by atoms with van der Waals surface area (Å²) in [6, 6.07) is 10.6. The van der Waals surface area contributed by atoms with E-state index in [4.69, 9.17) is 5.73 Å². The molecule has 1 aliphatic carbocycles. The first-order chi connectivity index (χ1) is 8.24. The molecule has 1 fully saturated rings. The molecule has 0 saturated heterocycles. The molecule has 0 aromatic heterocycles. The van der Waals surface area contributed by atoms with Crippen molar-refractivity contribution in [3.63, 3.8) is 0 Å². The minimum absolute atomic E-state index is 0.174. The van der Waals surface area contributed by atoms with Crippen molar-refractivity contribution in [2.45, 2.75) is 44.7 Å². The zero-order chi connectivity index (χ0) is 12.1. The van der Waals surface area contributed by atoms with E-state index in [-0.39, 0.29) is 5.54 Å². The van der Waals surface area contributed by atoms with Gasteiger partial charge in [0, 0.05) is 18.6 Å². The third-order valence-electron chi connectivity index (χ3n) is 3.99. The highest BCUT2D eigenvalue weighted by Gasteiger charge is 2.32. The molecule has 0 spiro atoms. The van der Waals surface area contributed by atoms with Gasteiger partial charge in [-0.3, -0.25) is 0 Å². The average molecular weight is 232 g/mol. The molecule has 2 atom stereocenters. The molecular formula is C15H24N2. The predicted octanol–water partition coefficient (Wildman–Crippen LogP) is 2.68. The van der Waals surface area contributed by atoms with E-state index in [0.717, 1.165) is 19.0 Å². The Morgan fingerprint density at radius 2 is 2.12 bits per heavy atom. The van der Waals surface area contributed by atoms with Crippen LogP contribution in [0.15, 0.2) is 30.3 Å². The molecule has 0 aliphatic heterocycles. The molecule has 2 unspecified atom stereocenters. The van der Waals surface area contributed by atoms with Gasteiger partial charge in [0.15, 0.2) is 0 Å². The van der Waals surface area contributed by atoms with Gasteiger partial charge in [-0.15, -0.1) is 0 Å². The van der Waals surface area contributed by atoms with Crippen LogP contribution in [0, 0.1) is 5.92 Å². The maximum atomic E-state index is 6.00. The molecule has 0 radical (unpaired) electrons. The van der Waals surface area contributed by atoms with E-state index in [2.05, 4.69) is 42.6 Å². The molecule has 0 heterocycles. The lowest BCUT2D eigenvalue weighted by Crippen LogP contribution is -2.53. The van der Waals surface area contributed by atoms with Crippen LogP contribution in [0.25, 0.3) is 0 Å². The lowest BCUT2D eigenvalue weighted by molar-refractivity contribution is 0.192. The lowest BCUT2D eigenvalue weighted by Gasteiger charge is -2.40. The van der Waals surface area contributed by atoms with Crippen molar-refractivity contribution in [1.82, 2.24) is 5.32 Å². The van der Waals surface area contributed by atoms with Crippen molar-refractivity contribution >= 4 is 0 Å². The van der Waals surface area contributed by atoms with E-state index < -0.39 is 0 Å². The summed E-state index contributed by atoms with van der Waals surface area (Å²) in [7, 11) is 0. The smallest absolute Gasteiger partial charge is 0.0309 e. The SMILES string of the molecule is CC1CCCC(CN)(NCc2ccccc2)C1. The first-order valence-corrected chi connectivity index (χ1v) is 6.73. The summed E-state index contributed by atoms with van der Waals surface area (Å²) in [5.74, 6) is 0.801. The van der Waals surface area contributed by atoms with Crippen LogP contribution in [-0.4, -0.2) is 12.1 Å². The summed E-state index contributed by atoms with van der Waals surface area (Å²) in [5, 5.41) is 3.71. The van der Waals surface area contributed by atoms with Crippen molar-refractivity contribution < 1.29 is 0 Å². The van der Waals surface area contributed by atoms with Gasteiger partial charge in [-0.1, -0.05) is 50.1 Å². The number of nitrogens with one attached hydrogen (secondary N) is 1. The third kappa shape index (κ3) is 3.30. The van der Waals surface area contributed by atoms with Gasteiger partial charge in [0.25, 0.3) is 0 Å². The number of benzene rings is 1. The van der Waals surface area contributed by atoms with Crippen LogP contribution in [0.4, 0.5) is 0 Å². The first-order valence-electron chi connectivity index (χ1n) is 6.73. The van der Waals surface area contributed by atoms with Crippen molar-refractivity contribution in [3.05, 3.63) is 35.9 Å². The van der Waals surface area contributed by atoms with Crippen LogP contribution in [0.3, 0.4) is 0 Å². The van der Waals surface area contributed by atoms with Gasteiger partial charge in [-0.25, -0.2) is 0 Å². The quantitative estimate of drug-likeness (QED) is 0.837. The minimum Gasteiger partial charge on any atom is -0.329 e. The average Bonchev–Trinajstić information content (AvgIpc) is 2.38. The fraction of sp³-hybridized carbons (Fsp3) is 0.600. The van der Waals surface area contributed by atoms with E-state index >= 15 is 0 Å². The molecule has 1 saturated carbocycles. The Bertz CT molecular complexity index is 336. The largest absolute Gasteiger partial charge is 0.329 e. The summed E-state index contributed by atoms with van der Waals surface area (Å²) in [6.45, 7) is 4.03. The monoisotopic (exact) mass is 232 g/mol. The molecule has 94 valence electrons. The Morgan fingerprint density at radius 1 is 1.35 bits per heavy atom. The highest BCUT2D eigenvalue weighted by molar-refractivity contribution is 5.15. The van der Waals surface area contributed by atoms with E-state index in [0.29, 0.717) is 0 Å². The summed E-state index contributed by atoms with van der Waals surface area (Å²) in [6.07, 6.45) is 5.10. The van der Waals surface area contributed by atoms with Gasteiger partial charge in [0.05, 0.1) is 0 Å². The van der Waals surface area contributed by atoms with E-state index in [1.165, 1.54) is 31.2 Å². The first kappa shape index (κ1) is 12.6. The molecule has 1 aliphatic rings. The Labute approximate surface area is 105 Å². The molecule has 2 nitrogen and oxygen atoms in total. The van der Waals surface area contributed by atoms with E-state index in [9.17, 15) is 0 Å². The summed E-state index contributed by atoms with van der Waals surface area (Å²) < 4.78 is 0. The number of nitrogens with two attached hydrogens (primary N) is 1. The van der Waals surface area contributed by atoms with Crippen molar-refractivity contribution in [2.75, 3.05) is 6.54 Å². The second-order valence-corrected chi connectivity index (χ2v) is 5.53. The molecule has 3 N–H and O–H groups in total. The van der Waals surface area contributed by atoms with Gasteiger partial charge >= 0.3 is 0 Å². The van der Waals surface area contributed by atoms with Gasteiger partial charge in [0.1, 0.15) is 0 Å². The highest BCUT2D eigenvalue weighted by Crippen LogP contribution is 2.31. The Balaban J connectivity index is 1.95. The van der Waals surface area contributed by atoms with Crippen molar-refractivity contribution in [2.24, 2.45) is 11.7 Å². The van der Waals surface area contributed by atoms with Gasteiger partial charge in [-0.2, -0.15) is 0 Å². The Morgan fingerprint density at radius 3 is 2.76 bits per heavy atom. The van der Waals surface area contributed by atoms with Crippen LogP contribution >= 0.6 is 0 Å². The fourth-order valence-electron chi connectivity index (χ4n) is 2.96. The topological polar surface area (TPSA) is 38.0 Å². The normalized spacial score (nSPS) is 29.2. The van der Waals surface area contributed by atoms with Gasteiger partial charge in [0.2, 0.25) is 0 Å². The van der Waals surface area contributed by atoms with Gasteiger partial charge < -0.3 is 11.1 Å². The highest BCUT2D eigenvalue weighted by atomic mass is 15.0. The second-order valence-electron chi connectivity index (χ2n) is 5.53. The maximum absolute atomic E-state index is 6.00.